The van der Waals surface area contributed by atoms with E-state index >= 15 is 0 Å². The molecular weight excluding hydrogens is 288 g/mol. The topological polar surface area (TPSA) is 41.6 Å². The first-order valence-electron chi connectivity index (χ1n) is 7.33. The number of carbonyl (C=O) groups is 1. The van der Waals surface area contributed by atoms with Crippen LogP contribution >= 0.6 is 12.4 Å². The number of benzene rings is 1. The van der Waals surface area contributed by atoms with Gasteiger partial charge in [0.25, 0.3) is 0 Å². The highest BCUT2D eigenvalue weighted by molar-refractivity contribution is 5.85. The van der Waals surface area contributed by atoms with Crippen molar-refractivity contribution in [3.63, 3.8) is 0 Å². The molecule has 0 saturated carbocycles. The minimum atomic E-state index is 0. The van der Waals surface area contributed by atoms with Gasteiger partial charge in [0, 0.05) is 26.1 Å². The van der Waals surface area contributed by atoms with E-state index in [2.05, 4.69) is 12.2 Å². The Morgan fingerprint density at radius 2 is 2.10 bits per heavy atom. The van der Waals surface area contributed by atoms with E-state index in [-0.39, 0.29) is 24.2 Å². The van der Waals surface area contributed by atoms with Gasteiger partial charge >= 0.3 is 0 Å². The highest BCUT2D eigenvalue weighted by atomic mass is 35.5. The van der Waals surface area contributed by atoms with Crippen LogP contribution in [0.3, 0.4) is 0 Å². The first kappa shape index (κ1) is 17.8. The van der Waals surface area contributed by atoms with Gasteiger partial charge in [-0.3, -0.25) is 4.79 Å². The minimum Gasteiger partial charge on any atom is -0.496 e. The van der Waals surface area contributed by atoms with Gasteiger partial charge in [-0.05, 0) is 30.5 Å². The van der Waals surface area contributed by atoms with Crippen molar-refractivity contribution in [2.75, 3.05) is 33.3 Å². The Balaban J connectivity index is 0.00000220. The second-order valence-electron chi connectivity index (χ2n) is 5.33. The summed E-state index contributed by atoms with van der Waals surface area (Å²) < 4.78 is 5.38. The normalized spacial score (nSPS) is 16.6. The standard InChI is InChI=1S/C16H24N2O2.ClH/c1-13(14-6-3-4-7-15(14)20-2)12-16(19)18-10-5-8-17-9-11-18;/h3-4,6-7,13,17H,5,8-12H2,1-2H3;1H. The lowest BCUT2D eigenvalue weighted by Crippen LogP contribution is -2.34. The Morgan fingerprint density at radius 1 is 1.33 bits per heavy atom. The van der Waals surface area contributed by atoms with E-state index in [1.165, 1.54) is 0 Å². The Morgan fingerprint density at radius 3 is 2.86 bits per heavy atom. The number of ether oxygens (including phenoxy) is 1. The van der Waals surface area contributed by atoms with Gasteiger partial charge in [-0.2, -0.15) is 0 Å². The third-order valence-electron chi connectivity index (χ3n) is 3.84. The molecule has 1 aromatic rings. The quantitative estimate of drug-likeness (QED) is 0.928. The molecule has 1 atom stereocenters. The van der Waals surface area contributed by atoms with E-state index in [1.807, 2.05) is 29.2 Å². The molecule has 0 radical (unpaired) electrons. The fourth-order valence-corrected chi connectivity index (χ4v) is 2.67. The van der Waals surface area contributed by atoms with Gasteiger partial charge in [-0.25, -0.2) is 0 Å². The van der Waals surface area contributed by atoms with Crippen molar-refractivity contribution in [3.8, 4) is 5.75 Å². The molecule has 21 heavy (non-hydrogen) atoms. The largest absolute Gasteiger partial charge is 0.496 e. The fraction of sp³-hybridized carbons (Fsp3) is 0.562. The molecule has 2 rings (SSSR count). The molecule has 1 aromatic carbocycles. The van der Waals surface area contributed by atoms with Gasteiger partial charge in [0.1, 0.15) is 5.75 Å². The molecule has 1 heterocycles. The second-order valence-corrected chi connectivity index (χ2v) is 5.33. The highest BCUT2D eigenvalue weighted by Gasteiger charge is 2.20. The average molecular weight is 313 g/mol. The molecule has 1 aliphatic rings. The first-order valence-corrected chi connectivity index (χ1v) is 7.33. The summed E-state index contributed by atoms with van der Waals surface area (Å²) in [5.74, 6) is 1.28. The van der Waals surface area contributed by atoms with Crippen LogP contribution in [0.2, 0.25) is 0 Å². The van der Waals surface area contributed by atoms with E-state index in [9.17, 15) is 4.79 Å². The van der Waals surface area contributed by atoms with Crippen molar-refractivity contribution in [3.05, 3.63) is 29.8 Å². The molecule has 1 N–H and O–H groups in total. The van der Waals surface area contributed by atoms with Crippen LogP contribution in [-0.4, -0.2) is 44.1 Å². The molecule has 1 amide bonds. The molecule has 5 heteroatoms. The summed E-state index contributed by atoms with van der Waals surface area (Å²) >= 11 is 0. The lowest BCUT2D eigenvalue weighted by Gasteiger charge is -2.22. The first-order chi connectivity index (χ1) is 9.72. The number of amides is 1. The molecule has 0 aromatic heterocycles. The number of hydrogen-bond acceptors (Lipinski definition) is 3. The molecule has 1 saturated heterocycles. The van der Waals surface area contributed by atoms with Crippen molar-refractivity contribution >= 4 is 18.3 Å². The minimum absolute atomic E-state index is 0. The van der Waals surface area contributed by atoms with Crippen LogP contribution in [0, 0.1) is 0 Å². The maximum Gasteiger partial charge on any atom is 0.223 e. The zero-order valence-corrected chi connectivity index (χ0v) is 13.6. The van der Waals surface area contributed by atoms with Crippen molar-refractivity contribution in [2.24, 2.45) is 0 Å². The van der Waals surface area contributed by atoms with Crippen LogP contribution < -0.4 is 10.1 Å². The van der Waals surface area contributed by atoms with Crippen LogP contribution in [0.5, 0.6) is 5.75 Å². The van der Waals surface area contributed by atoms with Crippen molar-refractivity contribution in [1.82, 2.24) is 10.2 Å². The van der Waals surface area contributed by atoms with Crippen molar-refractivity contribution in [1.29, 1.82) is 0 Å². The van der Waals surface area contributed by atoms with E-state index in [0.717, 1.165) is 43.9 Å². The number of nitrogens with one attached hydrogen (secondary N) is 1. The maximum absolute atomic E-state index is 12.4. The Hall–Kier alpha value is -1.26. The number of methoxy groups -OCH3 is 1. The predicted molar refractivity (Wildman–Crippen MR) is 87.3 cm³/mol. The highest BCUT2D eigenvalue weighted by Crippen LogP contribution is 2.28. The SMILES string of the molecule is COc1ccccc1C(C)CC(=O)N1CCCNCC1.Cl. The molecular formula is C16H25ClN2O2. The molecule has 1 fully saturated rings. The average Bonchev–Trinajstić information content (AvgIpc) is 2.76. The summed E-state index contributed by atoms with van der Waals surface area (Å²) in [6, 6.07) is 7.94. The van der Waals surface area contributed by atoms with E-state index in [4.69, 9.17) is 4.74 Å². The monoisotopic (exact) mass is 312 g/mol. The summed E-state index contributed by atoms with van der Waals surface area (Å²) in [5.41, 5.74) is 1.11. The lowest BCUT2D eigenvalue weighted by molar-refractivity contribution is -0.131. The van der Waals surface area contributed by atoms with Crippen LogP contribution in [0.1, 0.15) is 31.2 Å². The predicted octanol–water partition coefficient (Wildman–Crippen LogP) is 2.43. The van der Waals surface area contributed by atoms with Crippen LogP contribution in [-0.2, 0) is 4.79 Å². The van der Waals surface area contributed by atoms with Gasteiger partial charge in [-0.15, -0.1) is 12.4 Å². The number of rotatable bonds is 4. The second kappa shape index (κ2) is 8.90. The molecule has 0 aliphatic carbocycles. The maximum atomic E-state index is 12.4. The summed E-state index contributed by atoms with van der Waals surface area (Å²) in [5, 5.41) is 3.32. The molecule has 0 spiro atoms. The molecule has 1 unspecified atom stereocenters. The number of para-hydroxylation sites is 1. The Kier molecular flexibility index (Phi) is 7.54. The van der Waals surface area contributed by atoms with Gasteiger partial charge in [0.05, 0.1) is 7.11 Å². The number of hydrogen-bond donors (Lipinski definition) is 1. The number of carbonyl (C=O) groups excluding carboxylic acids is 1. The molecule has 118 valence electrons. The summed E-state index contributed by atoms with van der Waals surface area (Å²) in [6.07, 6.45) is 1.58. The molecule has 4 nitrogen and oxygen atoms in total. The van der Waals surface area contributed by atoms with Gasteiger partial charge < -0.3 is 15.0 Å². The van der Waals surface area contributed by atoms with E-state index < -0.39 is 0 Å². The van der Waals surface area contributed by atoms with E-state index in [1.54, 1.807) is 7.11 Å². The molecule has 1 aliphatic heterocycles. The summed E-state index contributed by atoms with van der Waals surface area (Å²) in [7, 11) is 1.67. The zero-order chi connectivity index (χ0) is 14.4. The van der Waals surface area contributed by atoms with Crippen LogP contribution in [0.25, 0.3) is 0 Å². The molecule has 0 bridgehead atoms. The number of halogens is 1. The third kappa shape index (κ3) is 4.90. The van der Waals surface area contributed by atoms with Gasteiger partial charge in [-0.1, -0.05) is 25.1 Å². The smallest absolute Gasteiger partial charge is 0.223 e. The fourth-order valence-electron chi connectivity index (χ4n) is 2.67. The van der Waals surface area contributed by atoms with E-state index in [0.29, 0.717) is 6.42 Å². The lowest BCUT2D eigenvalue weighted by atomic mass is 9.96. The summed E-state index contributed by atoms with van der Waals surface area (Å²) in [6.45, 7) is 5.68. The number of nitrogens with zero attached hydrogens (tertiary/aromatic N) is 1. The Labute approximate surface area is 133 Å². The van der Waals surface area contributed by atoms with Crippen LogP contribution in [0.15, 0.2) is 24.3 Å². The summed E-state index contributed by atoms with van der Waals surface area (Å²) in [4.78, 5) is 14.4. The third-order valence-corrected chi connectivity index (χ3v) is 3.84. The van der Waals surface area contributed by atoms with Crippen molar-refractivity contribution < 1.29 is 9.53 Å². The van der Waals surface area contributed by atoms with Crippen molar-refractivity contribution in [2.45, 2.75) is 25.7 Å². The Bertz CT molecular complexity index is 446. The van der Waals surface area contributed by atoms with Gasteiger partial charge in [0.2, 0.25) is 5.91 Å². The zero-order valence-electron chi connectivity index (χ0n) is 12.8. The van der Waals surface area contributed by atoms with Crippen LogP contribution in [0.4, 0.5) is 0 Å². The van der Waals surface area contributed by atoms with Gasteiger partial charge in [0.15, 0.2) is 0 Å².